The molecule has 0 bridgehead atoms. The Hall–Kier alpha value is -1.80. The van der Waals surface area contributed by atoms with Crippen molar-refractivity contribution in [1.29, 1.82) is 0 Å². The largest absolute Gasteiger partial charge is 0.497 e. The SMILES string of the molecule is COc1ccc(S(=O)(=O)NC2CCN(C(C)=O)CC2)c(OC)c1. The first kappa shape index (κ1) is 17.6. The molecule has 1 heterocycles. The van der Waals surface area contributed by atoms with Crippen LogP contribution in [0.25, 0.3) is 0 Å². The van der Waals surface area contributed by atoms with Crippen LogP contribution in [0.5, 0.6) is 11.5 Å². The first-order chi connectivity index (χ1) is 10.9. The first-order valence-corrected chi connectivity index (χ1v) is 8.85. The zero-order valence-corrected chi connectivity index (χ0v) is 14.4. The molecule has 8 heteroatoms. The highest BCUT2D eigenvalue weighted by molar-refractivity contribution is 7.89. The quantitative estimate of drug-likeness (QED) is 0.863. The Labute approximate surface area is 136 Å². The van der Waals surface area contributed by atoms with Crippen LogP contribution in [0.3, 0.4) is 0 Å². The number of sulfonamides is 1. The van der Waals surface area contributed by atoms with E-state index in [0.717, 1.165) is 0 Å². The van der Waals surface area contributed by atoms with Crippen molar-refractivity contribution in [2.45, 2.75) is 30.7 Å². The van der Waals surface area contributed by atoms with Gasteiger partial charge in [0.1, 0.15) is 16.4 Å². The second-order valence-electron chi connectivity index (χ2n) is 5.42. The summed E-state index contributed by atoms with van der Waals surface area (Å²) in [5.41, 5.74) is 0. The highest BCUT2D eigenvalue weighted by Crippen LogP contribution is 2.28. The molecule has 0 atom stereocenters. The lowest BCUT2D eigenvalue weighted by molar-refractivity contribution is -0.129. The number of hydrogen-bond donors (Lipinski definition) is 1. The molecule has 1 aromatic carbocycles. The van der Waals surface area contributed by atoms with Gasteiger partial charge in [0.05, 0.1) is 14.2 Å². The first-order valence-electron chi connectivity index (χ1n) is 7.37. The molecular weight excluding hydrogens is 320 g/mol. The summed E-state index contributed by atoms with van der Waals surface area (Å²) in [6.07, 6.45) is 1.19. The summed E-state index contributed by atoms with van der Waals surface area (Å²) in [5.74, 6) is 0.775. The molecule has 2 rings (SSSR count). The van der Waals surface area contributed by atoms with Gasteiger partial charge >= 0.3 is 0 Å². The van der Waals surface area contributed by atoms with E-state index in [1.165, 1.54) is 33.3 Å². The Kier molecular flexibility index (Phi) is 5.48. The molecule has 0 unspecified atom stereocenters. The number of benzene rings is 1. The number of hydrogen-bond acceptors (Lipinski definition) is 5. The standard InChI is InChI=1S/C15H22N2O5S/c1-11(18)17-8-6-12(7-9-17)16-23(19,20)15-5-4-13(21-2)10-14(15)22-3/h4-5,10,12,16H,6-9H2,1-3H3. The van der Waals surface area contributed by atoms with Crippen LogP contribution in [0.15, 0.2) is 23.1 Å². The van der Waals surface area contributed by atoms with Gasteiger partial charge in [0.15, 0.2) is 0 Å². The molecule has 1 aliphatic heterocycles. The van der Waals surface area contributed by atoms with E-state index in [-0.39, 0.29) is 22.6 Å². The maximum Gasteiger partial charge on any atom is 0.244 e. The topological polar surface area (TPSA) is 84.9 Å². The summed E-state index contributed by atoms with van der Waals surface area (Å²) >= 11 is 0. The van der Waals surface area contributed by atoms with Gasteiger partial charge < -0.3 is 14.4 Å². The minimum atomic E-state index is -3.70. The van der Waals surface area contributed by atoms with Crippen molar-refractivity contribution >= 4 is 15.9 Å². The number of carbonyl (C=O) groups is 1. The van der Waals surface area contributed by atoms with Gasteiger partial charge in [-0.25, -0.2) is 13.1 Å². The molecule has 1 N–H and O–H groups in total. The third-order valence-corrected chi connectivity index (χ3v) is 5.48. The fraction of sp³-hybridized carbons (Fsp3) is 0.533. The Morgan fingerprint density at radius 2 is 1.87 bits per heavy atom. The number of carbonyl (C=O) groups excluding carboxylic acids is 1. The average molecular weight is 342 g/mol. The van der Waals surface area contributed by atoms with E-state index in [1.54, 1.807) is 11.0 Å². The normalized spacial score (nSPS) is 16.2. The number of nitrogens with zero attached hydrogens (tertiary/aromatic N) is 1. The maximum atomic E-state index is 12.6. The molecule has 1 aliphatic rings. The van der Waals surface area contributed by atoms with Crippen molar-refractivity contribution in [2.75, 3.05) is 27.3 Å². The number of likely N-dealkylation sites (tertiary alicyclic amines) is 1. The van der Waals surface area contributed by atoms with Crippen molar-refractivity contribution in [2.24, 2.45) is 0 Å². The zero-order valence-electron chi connectivity index (χ0n) is 13.5. The zero-order chi connectivity index (χ0) is 17.0. The molecule has 0 radical (unpaired) electrons. The smallest absolute Gasteiger partial charge is 0.244 e. The molecule has 0 aromatic heterocycles. The third kappa shape index (κ3) is 4.14. The van der Waals surface area contributed by atoms with Crippen LogP contribution in [0.4, 0.5) is 0 Å². The van der Waals surface area contributed by atoms with Gasteiger partial charge in [-0.15, -0.1) is 0 Å². The summed E-state index contributed by atoms with van der Waals surface area (Å²) in [5, 5.41) is 0. The molecule has 0 aliphatic carbocycles. The average Bonchev–Trinajstić information content (AvgIpc) is 2.54. The van der Waals surface area contributed by atoms with Gasteiger partial charge in [-0.3, -0.25) is 4.79 Å². The maximum absolute atomic E-state index is 12.6. The van der Waals surface area contributed by atoms with E-state index in [9.17, 15) is 13.2 Å². The lowest BCUT2D eigenvalue weighted by Gasteiger charge is -2.31. The molecule has 0 spiro atoms. The predicted molar refractivity (Wildman–Crippen MR) is 85.1 cm³/mol. The fourth-order valence-corrected chi connectivity index (χ4v) is 4.05. The lowest BCUT2D eigenvalue weighted by atomic mass is 10.1. The van der Waals surface area contributed by atoms with E-state index >= 15 is 0 Å². The number of nitrogens with one attached hydrogen (secondary N) is 1. The fourth-order valence-electron chi connectivity index (χ4n) is 2.59. The van der Waals surface area contributed by atoms with E-state index in [4.69, 9.17) is 9.47 Å². The van der Waals surface area contributed by atoms with Gasteiger partial charge in [0.2, 0.25) is 15.9 Å². The highest BCUT2D eigenvalue weighted by atomic mass is 32.2. The molecule has 1 fully saturated rings. The van der Waals surface area contributed by atoms with Crippen molar-refractivity contribution in [1.82, 2.24) is 9.62 Å². The number of methoxy groups -OCH3 is 2. The van der Waals surface area contributed by atoms with Crippen LogP contribution in [-0.2, 0) is 14.8 Å². The minimum Gasteiger partial charge on any atom is -0.497 e. The van der Waals surface area contributed by atoms with Gasteiger partial charge in [0.25, 0.3) is 0 Å². The molecule has 7 nitrogen and oxygen atoms in total. The molecule has 0 saturated carbocycles. The lowest BCUT2D eigenvalue weighted by Crippen LogP contribution is -2.45. The van der Waals surface area contributed by atoms with Crippen LogP contribution in [0.2, 0.25) is 0 Å². The summed E-state index contributed by atoms with van der Waals surface area (Å²) in [4.78, 5) is 13.1. The van der Waals surface area contributed by atoms with Crippen LogP contribution in [0.1, 0.15) is 19.8 Å². The second kappa shape index (κ2) is 7.18. The van der Waals surface area contributed by atoms with Crippen molar-refractivity contribution < 1.29 is 22.7 Å². The Bertz CT molecular complexity index is 666. The number of ether oxygens (including phenoxy) is 2. The van der Waals surface area contributed by atoms with Crippen LogP contribution in [0, 0.1) is 0 Å². The van der Waals surface area contributed by atoms with Gasteiger partial charge in [-0.2, -0.15) is 0 Å². The van der Waals surface area contributed by atoms with Crippen molar-refractivity contribution in [3.05, 3.63) is 18.2 Å². The minimum absolute atomic E-state index is 0.0168. The molecule has 128 valence electrons. The second-order valence-corrected chi connectivity index (χ2v) is 7.10. The molecule has 1 amide bonds. The van der Waals surface area contributed by atoms with Crippen LogP contribution in [-0.4, -0.2) is 52.6 Å². The summed E-state index contributed by atoms with van der Waals surface area (Å²) in [7, 11) is -0.780. The van der Waals surface area contributed by atoms with E-state index < -0.39 is 10.0 Å². The molecule has 1 aromatic rings. The Morgan fingerprint density at radius 1 is 1.22 bits per heavy atom. The number of piperidine rings is 1. The summed E-state index contributed by atoms with van der Waals surface area (Å²) in [6, 6.07) is 4.38. The number of rotatable bonds is 5. The Morgan fingerprint density at radius 3 is 2.39 bits per heavy atom. The van der Waals surface area contributed by atoms with Crippen molar-refractivity contribution in [3.8, 4) is 11.5 Å². The van der Waals surface area contributed by atoms with Gasteiger partial charge in [-0.1, -0.05) is 0 Å². The Balaban J connectivity index is 2.12. The summed E-state index contributed by atoms with van der Waals surface area (Å²) in [6.45, 7) is 2.64. The van der Waals surface area contributed by atoms with Crippen LogP contribution >= 0.6 is 0 Å². The summed E-state index contributed by atoms with van der Waals surface area (Å²) < 4.78 is 38.1. The van der Waals surface area contributed by atoms with E-state index in [2.05, 4.69) is 4.72 Å². The van der Waals surface area contributed by atoms with Crippen LogP contribution < -0.4 is 14.2 Å². The highest BCUT2D eigenvalue weighted by Gasteiger charge is 2.27. The molecule has 23 heavy (non-hydrogen) atoms. The number of amides is 1. The monoisotopic (exact) mass is 342 g/mol. The van der Waals surface area contributed by atoms with Gasteiger partial charge in [0, 0.05) is 32.1 Å². The molecular formula is C15H22N2O5S. The molecule has 1 saturated heterocycles. The third-order valence-electron chi connectivity index (χ3n) is 3.92. The predicted octanol–water partition coefficient (Wildman–Crippen LogP) is 0.993. The van der Waals surface area contributed by atoms with E-state index in [1.807, 2.05) is 0 Å². The van der Waals surface area contributed by atoms with Crippen molar-refractivity contribution in [3.63, 3.8) is 0 Å². The van der Waals surface area contributed by atoms with Gasteiger partial charge in [-0.05, 0) is 25.0 Å². The van der Waals surface area contributed by atoms with E-state index in [0.29, 0.717) is 31.7 Å².